The Hall–Kier alpha value is -2.71. The topological polar surface area (TPSA) is 68.3 Å². The molecule has 3 rings (SSSR count). The zero-order valence-electron chi connectivity index (χ0n) is 15.1. The molecule has 0 radical (unpaired) electrons. The van der Waals surface area contributed by atoms with Crippen molar-refractivity contribution in [3.8, 4) is 22.8 Å². The van der Waals surface area contributed by atoms with Gasteiger partial charge in [-0.25, -0.2) is 4.98 Å². The lowest BCUT2D eigenvalue weighted by Gasteiger charge is -2.12. The molecular weight excluding hydrogens is 380 g/mol. The molecule has 8 heteroatoms. The molecule has 0 bridgehead atoms. The minimum atomic E-state index is 0.531. The van der Waals surface area contributed by atoms with Gasteiger partial charge < -0.3 is 20.1 Å². The Morgan fingerprint density at radius 2 is 2.11 bits per heavy atom. The number of aromatic nitrogens is 2. The molecule has 0 saturated heterocycles. The number of nitrogens with zero attached hydrogens (tertiary/aromatic N) is 2. The molecule has 0 fully saturated rings. The lowest BCUT2D eigenvalue weighted by Crippen LogP contribution is -2.30. The highest BCUT2D eigenvalue weighted by atomic mass is 32.1. The van der Waals surface area contributed by atoms with Gasteiger partial charge in [0.1, 0.15) is 11.5 Å². The molecule has 1 aromatic carbocycles. The van der Waals surface area contributed by atoms with Gasteiger partial charge in [0.15, 0.2) is 10.2 Å². The van der Waals surface area contributed by atoms with E-state index in [2.05, 4.69) is 20.6 Å². The Labute approximate surface area is 167 Å². The number of methoxy groups -OCH3 is 2. The van der Waals surface area contributed by atoms with Crippen LogP contribution in [0.5, 0.6) is 11.5 Å². The number of ether oxygens (including phenoxy) is 2. The van der Waals surface area contributed by atoms with Gasteiger partial charge >= 0.3 is 0 Å². The Balaban J connectivity index is 1.53. The van der Waals surface area contributed by atoms with Gasteiger partial charge in [0.25, 0.3) is 0 Å². The summed E-state index contributed by atoms with van der Waals surface area (Å²) in [6.45, 7) is 0.663. The standard InChI is InChI=1S/C19H20N4O2S2/c1-24-15-5-6-17(25-2)13(10-15)7-9-21-18(26)23-19-22-16(12-27-19)14-4-3-8-20-11-14/h3-6,8,10-12H,7,9H2,1-2H3,(H2,21,22,23,26). The molecule has 0 amide bonds. The van der Waals surface area contributed by atoms with Gasteiger partial charge in [0, 0.05) is 29.9 Å². The van der Waals surface area contributed by atoms with Gasteiger partial charge in [-0.3, -0.25) is 4.98 Å². The normalized spacial score (nSPS) is 10.3. The van der Waals surface area contributed by atoms with E-state index in [1.54, 1.807) is 26.6 Å². The maximum atomic E-state index is 5.40. The van der Waals surface area contributed by atoms with Crippen LogP contribution >= 0.6 is 23.6 Å². The lowest BCUT2D eigenvalue weighted by atomic mass is 10.1. The van der Waals surface area contributed by atoms with Crippen LogP contribution in [-0.2, 0) is 6.42 Å². The third-order valence-corrected chi connectivity index (χ3v) is 4.85. The molecule has 2 N–H and O–H groups in total. The number of thiocarbonyl (C=S) groups is 1. The first-order valence-electron chi connectivity index (χ1n) is 8.31. The summed E-state index contributed by atoms with van der Waals surface area (Å²) in [6.07, 6.45) is 4.28. The first kappa shape index (κ1) is 19.1. The van der Waals surface area contributed by atoms with E-state index in [9.17, 15) is 0 Å². The van der Waals surface area contributed by atoms with Crippen molar-refractivity contribution in [1.82, 2.24) is 15.3 Å². The Morgan fingerprint density at radius 1 is 1.22 bits per heavy atom. The molecule has 0 unspecified atom stereocenters. The molecule has 0 aliphatic heterocycles. The molecular formula is C19H20N4O2S2. The summed E-state index contributed by atoms with van der Waals surface area (Å²) in [4.78, 5) is 8.65. The molecule has 3 aromatic rings. The number of nitrogens with one attached hydrogen (secondary N) is 2. The van der Waals surface area contributed by atoms with Crippen LogP contribution in [-0.4, -0.2) is 35.8 Å². The highest BCUT2D eigenvalue weighted by Gasteiger charge is 2.08. The molecule has 6 nitrogen and oxygen atoms in total. The van der Waals surface area contributed by atoms with Gasteiger partial charge in [-0.05, 0) is 54.5 Å². The fraction of sp³-hybridized carbons (Fsp3) is 0.211. The van der Waals surface area contributed by atoms with E-state index in [1.165, 1.54) is 11.3 Å². The van der Waals surface area contributed by atoms with Crippen molar-refractivity contribution < 1.29 is 9.47 Å². The minimum Gasteiger partial charge on any atom is -0.497 e. The molecule has 0 aliphatic carbocycles. The highest BCUT2D eigenvalue weighted by molar-refractivity contribution is 7.80. The van der Waals surface area contributed by atoms with Crippen LogP contribution in [0.3, 0.4) is 0 Å². The van der Waals surface area contributed by atoms with Crippen LogP contribution in [0.15, 0.2) is 48.1 Å². The van der Waals surface area contributed by atoms with E-state index in [4.69, 9.17) is 21.7 Å². The van der Waals surface area contributed by atoms with E-state index >= 15 is 0 Å². The monoisotopic (exact) mass is 400 g/mol. The summed E-state index contributed by atoms with van der Waals surface area (Å²) in [7, 11) is 3.31. The number of thiazole rings is 1. The third-order valence-electron chi connectivity index (χ3n) is 3.85. The average Bonchev–Trinajstić information content (AvgIpc) is 3.17. The SMILES string of the molecule is COc1ccc(OC)c(CCNC(=S)Nc2nc(-c3cccnc3)cs2)c1. The van der Waals surface area contributed by atoms with Crippen molar-refractivity contribution >= 4 is 33.8 Å². The summed E-state index contributed by atoms with van der Waals surface area (Å²) in [5, 5.41) is 9.56. The summed E-state index contributed by atoms with van der Waals surface area (Å²) < 4.78 is 10.7. The van der Waals surface area contributed by atoms with Crippen molar-refractivity contribution in [3.05, 3.63) is 53.7 Å². The largest absolute Gasteiger partial charge is 0.497 e. The van der Waals surface area contributed by atoms with Gasteiger partial charge in [0.05, 0.1) is 19.9 Å². The van der Waals surface area contributed by atoms with Gasteiger partial charge in [0.2, 0.25) is 0 Å². The number of pyridine rings is 1. The molecule has 0 atom stereocenters. The smallest absolute Gasteiger partial charge is 0.189 e. The van der Waals surface area contributed by atoms with Crippen LogP contribution in [0.1, 0.15) is 5.56 Å². The van der Waals surface area contributed by atoms with Crippen LogP contribution in [0, 0.1) is 0 Å². The van der Waals surface area contributed by atoms with Crippen LogP contribution in [0.4, 0.5) is 5.13 Å². The number of hydrogen-bond donors (Lipinski definition) is 2. The molecule has 27 heavy (non-hydrogen) atoms. The number of anilines is 1. The Kier molecular flexibility index (Phi) is 6.56. The quantitative estimate of drug-likeness (QED) is 0.586. The van der Waals surface area contributed by atoms with Crippen LogP contribution in [0.25, 0.3) is 11.3 Å². The molecule has 0 saturated carbocycles. The zero-order chi connectivity index (χ0) is 19.1. The van der Waals surface area contributed by atoms with E-state index in [0.29, 0.717) is 11.7 Å². The molecule has 0 spiro atoms. The van der Waals surface area contributed by atoms with Gasteiger partial charge in [-0.2, -0.15) is 0 Å². The van der Waals surface area contributed by atoms with E-state index in [0.717, 1.165) is 39.9 Å². The fourth-order valence-electron chi connectivity index (χ4n) is 2.51. The molecule has 140 valence electrons. The van der Waals surface area contributed by atoms with Crippen LogP contribution < -0.4 is 20.1 Å². The summed E-state index contributed by atoms with van der Waals surface area (Å²) in [5.74, 6) is 1.63. The third kappa shape index (κ3) is 5.15. The van der Waals surface area contributed by atoms with Crippen molar-refractivity contribution in [2.75, 3.05) is 26.1 Å². The van der Waals surface area contributed by atoms with Crippen molar-refractivity contribution in [2.24, 2.45) is 0 Å². The lowest BCUT2D eigenvalue weighted by molar-refractivity contribution is 0.398. The Bertz CT molecular complexity index is 900. The average molecular weight is 401 g/mol. The molecule has 0 aliphatic rings. The van der Waals surface area contributed by atoms with Crippen molar-refractivity contribution in [2.45, 2.75) is 6.42 Å². The van der Waals surface area contributed by atoms with Crippen LogP contribution in [0.2, 0.25) is 0 Å². The van der Waals surface area contributed by atoms with E-state index < -0.39 is 0 Å². The first-order valence-corrected chi connectivity index (χ1v) is 9.60. The Morgan fingerprint density at radius 3 is 2.85 bits per heavy atom. The fourth-order valence-corrected chi connectivity index (χ4v) is 3.49. The second-order valence-corrected chi connectivity index (χ2v) is 6.85. The maximum absolute atomic E-state index is 5.40. The van der Waals surface area contributed by atoms with E-state index in [-0.39, 0.29) is 0 Å². The number of benzene rings is 1. The summed E-state index contributed by atoms with van der Waals surface area (Å²) in [6, 6.07) is 9.62. The second kappa shape index (κ2) is 9.29. The molecule has 2 aromatic heterocycles. The first-order chi connectivity index (χ1) is 13.2. The predicted octanol–water partition coefficient (Wildman–Crippen LogP) is 3.75. The van der Waals surface area contributed by atoms with Gasteiger partial charge in [-0.1, -0.05) is 0 Å². The van der Waals surface area contributed by atoms with Gasteiger partial charge in [-0.15, -0.1) is 11.3 Å². The highest BCUT2D eigenvalue weighted by Crippen LogP contribution is 2.25. The summed E-state index contributed by atoms with van der Waals surface area (Å²) in [5.41, 5.74) is 2.91. The predicted molar refractivity (Wildman–Crippen MR) is 113 cm³/mol. The van der Waals surface area contributed by atoms with Crippen molar-refractivity contribution in [1.29, 1.82) is 0 Å². The van der Waals surface area contributed by atoms with E-state index in [1.807, 2.05) is 35.7 Å². The second-order valence-electron chi connectivity index (χ2n) is 5.59. The zero-order valence-corrected chi connectivity index (χ0v) is 16.7. The molecule has 2 heterocycles. The minimum absolute atomic E-state index is 0.531. The number of rotatable bonds is 7. The summed E-state index contributed by atoms with van der Waals surface area (Å²) >= 11 is 6.86. The number of hydrogen-bond acceptors (Lipinski definition) is 6. The van der Waals surface area contributed by atoms with Crippen molar-refractivity contribution in [3.63, 3.8) is 0 Å². The maximum Gasteiger partial charge on any atom is 0.189 e.